The Kier molecular flexibility index (Phi) is 6.44. The maximum Gasteiger partial charge on any atom is 0.573 e. The summed E-state index contributed by atoms with van der Waals surface area (Å²) in [6, 6.07) is 4.37. The van der Waals surface area contributed by atoms with Crippen LogP contribution in [-0.2, 0) is 4.74 Å². The Bertz CT molecular complexity index is 399. The van der Waals surface area contributed by atoms with E-state index in [-0.39, 0.29) is 10.2 Å². The lowest BCUT2D eigenvalue weighted by Crippen LogP contribution is -2.17. The predicted molar refractivity (Wildman–Crippen MR) is 70.4 cm³/mol. The number of unbranched alkanes of at least 4 members (excludes halogenated alkanes) is 1. The Hall–Kier alpha value is -0.950. The van der Waals surface area contributed by atoms with Crippen molar-refractivity contribution in [3.63, 3.8) is 0 Å². The molecule has 0 bridgehead atoms. The quantitative estimate of drug-likeness (QED) is 0.754. The third kappa shape index (κ3) is 6.68. The highest BCUT2D eigenvalue weighted by atomic mass is 79.9. The van der Waals surface area contributed by atoms with Gasteiger partial charge in [0.05, 0.1) is 4.47 Å². The molecular formula is C12H15BrF3NO2. The van der Waals surface area contributed by atoms with E-state index in [9.17, 15) is 13.2 Å². The highest BCUT2D eigenvalue weighted by Crippen LogP contribution is 2.32. The minimum Gasteiger partial charge on any atom is -0.405 e. The largest absolute Gasteiger partial charge is 0.573 e. The van der Waals surface area contributed by atoms with E-state index in [1.807, 2.05) is 0 Å². The first-order valence-corrected chi connectivity index (χ1v) is 6.50. The van der Waals surface area contributed by atoms with Gasteiger partial charge in [0, 0.05) is 25.9 Å². The molecule has 0 aliphatic heterocycles. The minimum absolute atomic E-state index is 0.252. The first-order valence-electron chi connectivity index (χ1n) is 5.70. The maximum atomic E-state index is 12.1. The van der Waals surface area contributed by atoms with E-state index in [1.54, 1.807) is 19.2 Å². The molecule has 0 saturated heterocycles. The Labute approximate surface area is 118 Å². The van der Waals surface area contributed by atoms with Gasteiger partial charge in [-0.3, -0.25) is 0 Å². The third-order valence-corrected chi connectivity index (χ3v) is 2.88. The fraction of sp³-hybridized carbons (Fsp3) is 0.500. The van der Waals surface area contributed by atoms with E-state index >= 15 is 0 Å². The van der Waals surface area contributed by atoms with Crippen molar-refractivity contribution in [2.45, 2.75) is 19.2 Å². The molecular weight excluding hydrogens is 327 g/mol. The molecule has 1 N–H and O–H groups in total. The average molecular weight is 342 g/mol. The summed E-state index contributed by atoms with van der Waals surface area (Å²) in [4.78, 5) is 0. The second-order valence-corrected chi connectivity index (χ2v) is 4.67. The van der Waals surface area contributed by atoms with Crippen molar-refractivity contribution in [3.05, 3.63) is 22.7 Å². The second-order valence-electron chi connectivity index (χ2n) is 3.82. The van der Waals surface area contributed by atoms with Crippen molar-refractivity contribution >= 4 is 21.6 Å². The first-order chi connectivity index (χ1) is 8.92. The Morgan fingerprint density at radius 2 is 2.00 bits per heavy atom. The number of nitrogens with one attached hydrogen (secondary N) is 1. The number of hydrogen-bond donors (Lipinski definition) is 1. The molecule has 19 heavy (non-hydrogen) atoms. The topological polar surface area (TPSA) is 30.5 Å². The lowest BCUT2D eigenvalue weighted by atomic mass is 10.2. The molecule has 0 aromatic heterocycles. The highest BCUT2D eigenvalue weighted by Gasteiger charge is 2.31. The molecule has 0 fully saturated rings. The molecule has 0 heterocycles. The Morgan fingerprint density at radius 3 is 2.58 bits per heavy atom. The zero-order valence-electron chi connectivity index (χ0n) is 10.4. The van der Waals surface area contributed by atoms with Crippen molar-refractivity contribution in [2.75, 3.05) is 25.6 Å². The zero-order valence-corrected chi connectivity index (χ0v) is 12.0. The van der Waals surface area contributed by atoms with E-state index in [4.69, 9.17) is 4.74 Å². The highest BCUT2D eigenvalue weighted by molar-refractivity contribution is 9.10. The van der Waals surface area contributed by atoms with E-state index in [0.29, 0.717) is 6.61 Å². The van der Waals surface area contributed by atoms with Crippen LogP contribution in [0.25, 0.3) is 0 Å². The number of halogens is 4. The number of methoxy groups -OCH3 is 1. The smallest absolute Gasteiger partial charge is 0.405 e. The van der Waals surface area contributed by atoms with Crippen LogP contribution in [-0.4, -0.2) is 26.6 Å². The SMILES string of the molecule is COCCCCNc1ccc(OC(F)(F)F)c(Br)c1. The van der Waals surface area contributed by atoms with E-state index < -0.39 is 6.36 Å². The van der Waals surface area contributed by atoms with Gasteiger partial charge in [-0.15, -0.1) is 13.2 Å². The van der Waals surface area contributed by atoms with E-state index in [0.717, 1.165) is 25.1 Å². The van der Waals surface area contributed by atoms with Crippen molar-refractivity contribution in [2.24, 2.45) is 0 Å². The lowest BCUT2D eigenvalue weighted by Gasteiger charge is -2.12. The molecule has 0 aliphatic rings. The number of hydrogen-bond acceptors (Lipinski definition) is 3. The van der Waals surface area contributed by atoms with Crippen LogP contribution in [0.4, 0.5) is 18.9 Å². The molecule has 0 spiro atoms. The number of ether oxygens (including phenoxy) is 2. The first kappa shape index (κ1) is 16.1. The molecule has 0 saturated carbocycles. The molecule has 0 unspecified atom stereocenters. The van der Waals surface area contributed by atoms with Crippen LogP contribution >= 0.6 is 15.9 Å². The summed E-state index contributed by atoms with van der Waals surface area (Å²) in [6.07, 6.45) is -2.83. The van der Waals surface area contributed by atoms with Crippen LogP contribution in [0.2, 0.25) is 0 Å². The molecule has 7 heteroatoms. The van der Waals surface area contributed by atoms with Crippen LogP contribution in [0.5, 0.6) is 5.75 Å². The fourth-order valence-corrected chi connectivity index (χ4v) is 1.88. The molecule has 0 atom stereocenters. The molecule has 0 aliphatic carbocycles. The van der Waals surface area contributed by atoms with Gasteiger partial charge in [-0.1, -0.05) is 0 Å². The zero-order chi connectivity index (χ0) is 14.3. The van der Waals surface area contributed by atoms with Gasteiger partial charge in [0.1, 0.15) is 5.75 Å². The van der Waals surface area contributed by atoms with Crippen molar-refractivity contribution in [3.8, 4) is 5.75 Å². The molecule has 108 valence electrons. The Balaban J connectivity index is 2.47. The molecule has 1 rings (SSSR count). The molecule has 0 radical (unpaired) electrons. The number of alkyl halides is 3. The maximum absolute atomic E-state index is 12.1. The summed E-state index contributed by atoms with van der Waals surface area (Å²) >= 11 is 3.05. The van der Waals surface area contributed by atoms with Gasteiger partial charge in [-0.2, -0.15) is 0 Å². The minimum atomic E-state index is -4.68. The number of benzene rings is 1. The van der Waals surface area contributed by atoms with Crippen LogP contribution in [0.15, 0.2) is 22.7 Å². The summed E-state index contributed by atoms with van der Waals surface area (Å²) in [7, 11) is 1.64. The lowest BCUT2D eigenvalue weighted by molar-refractivity contribution is -0.274. The monoisotopic (exact) mass is 341 g/mol. The van der Waals surface area contributed by atoms with Gasteiger partial charge in [0.2, 0.25) is 0 Å². The summed E-state index contributed by atoms with van der Waals surface area (Å²) in [5, 5.41) is 3.11. The standard InChI is InChI=1S/C12H15BrF3NO2/c1-18-7-3-2-6-17-9-4-5-11(10(13)8-9)19-12(14,15)16/h4-5,8,17H,2-3,6-7H2,1H3. The van der Waals surface area contributed by atoms with Gasteiger partial charge in [-0.25, -0.2) is 0 Å². The van der Waals surface area contributed by atoms with Gasteiger partial charge in [0.25, 0.3) is 0 Å². The van der Waals surface area contributed by atoms with Crippen LogP contribution in [0.1, 0.15) is 12.8 Å². The molecule has 3 nitrogen and oxygen atoms in total. The average Bonchev–Trinajstić information content (AvgIpc) is 2.31. The van der Waals surface area contributed by atoms with Gasteiger partial charge in [-0.05, 0) is 47.0 Å². The van der Waals surface area contributed by atoms with E-state index in [1.165, 1.54) is 6.07 Å². The van der Waals surface area contributed by atoms with Crippen LogP contribution in [0, 0.1) is 0 Å². The van der Waals surface area contributed by atoms with Crippen LogP contribution < -0.4 is 10.1 Å². The number of rotatable bonds is 7. The van der Waals surface area contributed by atoms with E-state index in [2.05, 4.69) is 26.0 Å². The summed E-state index contributed by atoms with van der Waals surface area (Å²) in [6.45, 7) is 1.43. The van der Waals surface area contributed by atoms with Crippen molar-refractivity contribution in [1.82, 2.24) is 0 Å². The van der Waals surface area contributed by atoms with Crippen LogP contribution in [0.3, 0.4) is 0 Å². The second kappa shape index (κ2) is 7.59. The Morgan fingerprint density at radius 1 is 1.26 bits per heavy atom. The fourth-order valence-electron chi connectivity index (χ4n) is 1.42. The molecule has 1 aromatic rings. The van der Waals surface area contributed by atoms with Gasteiger partial charge >= 0.3 is 6.36 Å². The number of anilines is 1. The summed E-state index contributed by atoms with van der Waals surface area (Å²) in [5.41, 5.74) is 0.735. The van der Waals surface area contributed by atoms with Crippen molar-refractivity contribution < 1.29 is 22.6 Å². The third-order valence-electron chi connectivity index (χ3n) is 2.26. The summed E-state index contributed by atoms with van der Waals surface area (Å²) < 4.78 is 45.2. The summed E-state index contributed by atoms with van der Waals surface area (Å²) in [5.74, 6) is -0.252. The van der Waals surface area contributed by atoms with Gasteiger partial charge < -0.3 is 14.8 Å². The van der Waals surface area contributed by atoms with Gasteiger partial charge in [0.15, 0.2) is 0 Å². The normalized spacial score (nSPS) is 11.4. The molecule has 0 amide bonds. The predicted octanol–water partition coefficient (Wildman–Crippen LogP) is 4.19. The van der Waals surface area contributed by atoms with Crippen molar-refractivity contribution in [1.29, 1.82) is 0 Å². The molecule has 1 aromatic carbocycles.